The third kappa shape index (κ3) is 5.30. The van der Waals surface area contributed by atoms with Crippen LogP contribution >= 0.6 is 11.6 Å². The molecule has 30 heavy (non-hydrogen) atoms. The molecule has 0 bridgehead atoms. The van der Waals surface area contributed by atoms with Crippen LogP contribution in [0.1, 0.15) is 16.1 Å². The van der Waals surface area contributed by atoms with Gasteiger partial charge in [-0.25, -0.2) is 14.6 Å². The number of hydrogen-bond acceptors (Lipinski definition) is 6. The number of furan rings is 1. The van der Waals surface area contributed by atoms with Crippen LogP contribution in [0, 0.1) is 5.82 Å². The minimum atomic E-state index is -1.07. The lowest BCUT2D eigenvalue weighted by atomic mass is 10.2. The number of carbonyl (C=O) groups is 3. The van der Waals surface area contributed by atoms with Crippen molar-refractivity contribution < 1.29 is 27.9 Å². The Morgan fingerprint density at radius 1 is 1.07 bits per heavy atom. The second-order valence-corrected chi connectivity index (χ2v) is 6.09. The van der Waals surface area contributed by atoms with E-state index in [2.05, 4.69) is 10.4 Å². The molecule has 0 aliphatic rings. The molecule has 0 aliphatic carbocycles. The molecule has 10 heteroatoms. The molecule has 2 N–H and O–H groups in total. The van der Waals surface area contributed by atoms with Crippen molar-refractivity contribution in [3.05, 3.63) is 83.0 Å². The topological polar surface area (TPSA) is 110 Å². The van der Waals surface area contributed by atoms with Crippen molar-refractivity contribution in [3.63, 3.8) is 0 Å². The van der Waals surface area contributed by atoms with E-state index in [1.54, 1.807) is 24.3 Å². The Kier molecular flexibility index (Phi) is 6.56. The summed E-state index contributed by atoms with van der Waals surface area (Å²) in [6.45, 7) is 0. The molecule has 0 saturated heterocycles. The van der Waals surface area contributed by atoms with Gasteiger partial charge in [0.15, 0.2) is 0 Å². The van der Waals surface area contributed by atoms with Gasteiger partial charge in [0.25, 0.3) is 0 Å². The van der Waals surface area contributed by atoms with E-state index in [1.807, 2.05) is 5.43 Å². The van der Waals surface area contributed by atoms with Gasteiger partial charge in [0.05, 0.1) is 17.5 Å². The van der Waals surface area contributed by atoms with E-state index in [9.17, 15) is 18.8 Å². The number of nitrogens with one attached hydrogen (secondary N) is 2. The first-order valence-electron chi connectivity index (χ1n) is 8.38. The molecule has 3 rings (SSSR count). The number of hydrogen-bond donors (Lipinski definition) is 2. The minimum absolute atomic E-state index is 0.0209. The van der Waals surface area contributed by atoms with Crippen molar-refractivity contribution in [2.45, 2.75) is 0 Å². The fraction of sp³-hybridized carbons (Fsp3) is 0. The van der Waals surface area contributed by atoms with E-state index in [4.69, 9.17) is 20.8 Å². The van der Waals surface area contributed by atoms with Crippen molar-refractivity contribution >= 4 is 41.3 Å². The zero-order valence-electron chi connectivity index (χ0n) is 15.1. The van der Waals surface area contributed by atoms with Crippen LogP contribution in [0.5, 0.6) is 5.75 Å². The lowest BCUT2D eigenvalue weighted by Gasteiger charge is -2.06. The van der Waals surface area contributed by atoms with E-state index >= 15 is 0 Å². The molecule has 0 saturated carbocycles. The van der Waals surface area contributed by atoms with E-state index in [0.29, 0.717) is 5.56 Å². The number of anilines is 1. The summed E-state index contributed by atoms with van der Waals surface area (Å²) in [6, 6.07) is 12.9. The van der Waals surface area contributed by atoms with Crippen molar-refractivity contribution in [2.24, 2.45) is 5.10 Å². The SMILES string of the molecule is O=C(N/N=C/c1ccccc1OC(=O)c1ccco1)C(=O)Nc1ccc(F)c(Cl)c1. The third-order valence-electron chi connectivity index (χ3n) is 3.60. The number of esters is 1. The van der Waals surface area contributed by atoms with Gasteiger partial charge < -0.3 is 14.5 Å². The molecule has 0 radical (unpaired) electrons. The first-order valence-corrected chi connectivity index (χ1v) is 8.76. The van der Waals surface area contributed by atoms with Crippen LogP contribution < -0.4 is 15.5 Å². The Morgan fingerprint density at radius 2 is 1.87 bits per heavy atom. The van der Waals surface area contributed by atoms with Gasteiger partial charge in [-0.3, -0.25) is 9.59 Å². The summed E-state index contributed by atoms with van der Waals surface area (Å²) in [5.74, 6) is -3.28. The Hall–Kier alpha value is -3.98. The number of benzene rings is 2. The zero-order chi connectivity index (χ0) is 21.5. The summed E-state index contributed by atoms with van der Waals surface area (Å²) >= 11 is 5.62. The fourth-order valence-electron chi connectivity index (χ4n) is 2.20. The largest absolute Gasteiger partial charge is 0.457 e. The maximum Gasteiger partial charge on any atom is 0.379 e. The summed E-state index contributed by atoms with van der Waals surface area (Å²) in [7, 11) is 0. The standard InChI is InChI=1S/C20H13ClFN3O5/c21-14-10-13(7-8-15(14)22)24-18(26)19(27)25-23-11-12-4-1-2-5-16(12)30-20(28)17-6-3-9-29-17/h1-11H,(H,24,26)(H,25,27)/b23-11+. The molecule has 1 aromatic heterocycles. The van der Waals surface area contributed by atoms with Crippen molar-refractivity contribution in [3.8, 4) is 5.75 Å². The van der Waals surface area contributed by atoms with E-state index < -0.39 is 23.6 Å². The highest BCUT2D eigenvalue weighted by Gasteiger charge is 2.15. The van der Waals surface area contributed by atoms with Crippen molar-refractivity contribution in [1.82, 2.24) is 5.43 Å². The van der Waals surface area contributed by atoms with Crippen LogP contribution in [0.3, 0.4) is 0 Å². The zero-order valence-corrected chi connectivity index (χ0v) is 15.9. The number of carbonyl (C=O) groups excluding carboxylic acids is 3. The number of amides is 2. The monoisotopic (exact) mass is 429 g/mol. The summed E-state index contributed by atoms with van der Waals surface area (Å²) in [4.78, 5) is 35.7. The molecule has 0 spiro atoms. The van der Waals surface area contributed by atoms with Gasteiger partial charge in [-0.2, -0.15) is 5.10 Å². The van der Waals surface area contributed by atoms with Crippen LogP contribution in [0.4, 0.5) is 10.1 Å². The molecule has 2 amide bonds. The lowest BCUT2D eigenvalue weighted by Crippen LogP contribution is -2.32. The molecule has 0 fully saturated rings. The first kappa shape index (κ1) is 20.7. The van der Waals surface area contributed by atoms with Gasteiger partial charge in [-0.15, -0.1) is 0 Å². The summed E-state index contributed by atoms with van der Waals surface area (Å²) in [5.41, 5.74) is 2.54. The number of nitrogens with zero attached hydrogens (tertiary/aromatic N) is 1. The van der Waals surface area contributed by atoms with Crippen LogP contribution in [-0.2, 0) is 9.59 Å². The predicted molar refractivity (Wildman–Crippen MR) is 106 cm³/mol. The molecule has 3 aromatic rings. The quantitative estimate of drug-likeness (QED) is 0.212. The fourth-order valence-corrected chi connectivity index (χ4v) is 2.38. The van der Waals surface area contributed by atoms with E-state index in [0.717, 1.165) is 12.1 Å². The van der Waals surface area contributed by atoms with Gasteiger partial charge in [0.1, 0.15) is 11.6 Å². The molecule has 0 atom stereocenters. The van der Waals surface area contributed by atoms with Gasteiger partial charge in [0.2, 0.25) is 5.76 Å². The van der Waals surface area contributed by atoms with Crippen molar-refractivity contribution in [2.75, 3.05) is 5.32 Å². The molecule has 0 unspecified atom stereocenters. The Bertz CT molecular complexity index is 1120. The highest BCUT2D eigenvalue weighted by Crippen LogP contribution is 2.19. The molecule has 152 valence electrons. The average molecular weight is 430 g/mol. The molecule has 8 nitrogen and oxygen atoms in total. The first-order chi connectivity index (χ1) is 14.4. The van der Waals surface area contributed by atoms with Gasteiger partial charge in [-0.1, -0.05) is 23.7 Å². The molecule has 1 heterocycles. The molecular weight excluding hydrogens is 417 g/mol. The van der Waals surface area contributed by atoms with Crippen LogP contribution in [-0.4, -0.2) is 24.0 Å². The predicted octanol–water partition coefficient (Wildman–Crippen LogP) is 3.38. The second kappa shape index (κ2) is 9.48. The molecule has 0 aliphatic heterocycles. The summed E-state index contributed by atoms with van der Waals surface area (Å²) < 4.78 is 23.3. The van der Waals surface area contributed by atoms with Crippen molar-refractivity contribution in [1.29, 1.82) is 0 Å². The number of rotatable bonds is 5. The normalized spacial score (nSPS) is 10.6. The Balaban J connectivity index is 1.60. The highest BCUT2D eigenvalue weighted by atomic mass is 35.5. The summed E-state index contributed by atoms with van der Waals surface area (Å²) in [5, 5.41) is 5.73. The minimum Gasteiger partial charge on any atom is -0.457 e. The van der Waals surface area contributed by atoms with E-state index in [-0.39, 0.29) is 22.2 Å². The number of para-hydroxylation sites is 1. The highest BCUT2D eigenvalue weighted by molar-refractivity contribution is 6.39. The van der Waals surface area contributed by atoms with Crippen LogP contribution in [0.25, 0.3) is 0 Å². The van der Waals surface area contributed by atoms with Crippen LogP contribution in [0.15, 0.2) is 70.4 Å². The maximum atomic E-state index is 13.1. The Morgan fingerprint density at radius 3 is 2.60 bits per heavy atom. The summed E-state index contributed by atoms with van der Waals surface area (Å²) in [6.07, 6.45) is 2.54. The lowest BCUT2D eigenvalue weighted by molar-refractivity contribution is -0.136. The Labute approximate surface area is 174 Å². The van der Waals surface area contributed by atoms with Crippen LogP contribution in [0.2, 0.25) is 5.02 Å². The smallest absolute Gasteiger partial charge is 0.379 e. The number of ether oxygens (including phenoxy) is 1. The average Bonchev–Trinajstić information content (AvgIpc) is 3.27. The number of hydrazone groups is 1. The maximum absolute atomic E-state index is 13.1. The van der Waals surface area contributed by atoms with Gasteiger partial charge in [-0.05, 0) is 42.5 Å². The molecular formula is C20H13ClFN3O5. The number of halogens is 2. The van der Waals surface area contributed by atoms with Gasteiger partial charge in [0, 0.05) is 11.3 Å². The van der Waals surface area contributed by atoms with Gasteiger partial charge >= 0.3 is 17.8 Å². The second-order valence-electron chi connectivity index (χ2n) is 5.69. The molecule has 2 aromatic carbocycles. The van der Waals surface area contributed by atoms with E-state index in [1.165, 1.54) is 30.7 Å². The third-order valence-corrected chi connectivity index (χ3v) is 3.89.